The van der Waals surface area contributed by atoms with Gasteiger partial charge >= 0.3 is 0 Å². The molecule has 2 aromatic rings. The van der Waals surface area contributed by atoms with Crippen molar-refractivity contribution in [1.29, 1.82) is 0 Å². The standard InChI is InChI=1S/C15H18N2O/c1-16-8-10-17(11-9-16)14-7-12-18-15(14)13-5-3-2-4-6-13/h2-7,12H,8-11H2,1H3. The number of likely N-dealkylation sites (N-methyl/N-ethyl adjacent to an activating group) is 1. The first kappa shape index (κ1) is 11.4. The normalized spacial score (nSPS) is 17.1. The van der Waals surface area contributed by atoms with E-state index in [1.54, 1.807) is 6.26 Å². The minimum absolute atomic E-state index is 0.986. The van der Waals surface area contributed by atoms with Gasteiger partial charge in [0.05, 0.1) is 12.0 Å². The van der Waals surface area contributed by atoms with E-state index in [4.69, 9.17) is 4.42 Å². The quantitative estimate of drug-likeness (QED) is 0.807. The molecule has 0 amide bonds. The fraction of sp³-hybridized carbons (Fsp3) is 0.333. The molecule has 0 bridgehead atoms. The van der Waals surface area contributed by atoms with Crippen LogP contribution in [0.1, 0.15) is 0 Å². The monoisotopic (exact) mass is 242 g/mol. The minimum Gasteiger partial charge on any atom is -0.462 e. The molecule has 0 saturated carbocycles. The van der Waals surface area contributed by atoms with E-state index in [0.29, 0.717) is 0 Å². The maximum absolute atomic E-state index is 5.68. The van der Waals surface area contributed by atoms with E-state index < -0.39 is 0 Å². The predicted octanol–water partition coefficient (Wildman–Crippen LogP) is 2.70. The van der Waals surface area contributed by atoms with Crippen molar-refractivity contribution in [2.45, 2.75) is 0 Å². The summed E-state index contributed by atoms with van der Waals surface area (Å²) in [5.74, 6) is 0.986. The van der Waals surface area contributed by atoms with Crippen LogP contribution in [-0.2, 0) is 0 Å². The maximum Gasteiger partial charge on any atom is 0.157 e. The van der Waals surface area contributed by atoms with Crippen LogP contribution in [0, 0.1) is 0 Å². The van der Waals surface area contributed by atoms with Crippen molar-refractivity contribution < 1.29 is 4.42 Å². The zero-order valence-corrected chi connectivity index (χ0v) is 10.7. The lowest BCUT2D eigenvalue weighted by molar-refractivity contribution is 0.313. The van der Waals surface area contributed by atoms with Gasteiger partial charge in [-0.1, -0.05) is 30.3 Å². The van der Waals surface area contributed by atoms with Crippen LogP contribution in [0.25, 0.3) is 11.3 Å². The van der Waals surface area contributed by atoms with E-state index in [1.807, 2.05) is 18.2 Å². The van der Waals surface area contributed by atoms with Crippen LogP contribution < -0.4 is 4.90 Å². The molecule has 3 rings (SSSR count). The molecule has 2 heterocycles. The molecule has 94 valence electrons. The summed E-state index contributed by atoms with van der Waals surface area (Å²) in [5, 5.41) is 0. The predicted molar refractivity (Wildman–Crippen MR) is 73.9 cm³/mol. The summed E-state index contributed by atoms with van der Waals surface area (Å²) in [7, 11) is 2.17. The van der Waals surface area contributed by atoms with Gasteiger partial charge in [-0.15, -0.1) is 0 Å². The number of nitrogens with zero attached hydrogens (tertiary/aromatic N) is 2. The van der Waals surface area contributed by atoms with Gasteiger partial charge < -0.3 is 14.2 Å². The fourth-order valence-corrected chi connectivity index (χ4v) is 2.40. The zero-order chi connectivity index (χ0) is 12.4. The Bertz CT molecular complexity index is 498. The lowest BCUT2D eigenvalue weighted by atomic mass is 10.1. The molecule has 0 atom stereocenters. The molecule has 3 nitrogen and oxygen atoms in total. The molecule has 1 saturated heterocycles. The SMILES string of the molecule is CN1CCN(c2ccoc2-c2ccccc2)CC1. The molecule has 1 aliphatic heterocycles. The second-order valence-corrected chi connectivity index (χ2v) is 4.79. The van der Waals surface area contributed by atoms with Crippen molar-refractivity contribution in [3.05, 3.63) is 42.7 Å². The van der Waals surface area contributed by atoms with Gasteiger partial charge in [0.15, 0.2) is 5.76 Å². The fourth-order valence-electron chi connectivity index (χ4n) is 2.40. The third-order valence-corrected chi connectivity index (χ3v) is 3.52. The second-order valence-electron chi connectivity index (χ2n) is 4.79. The summed E-state index contributed by atoms with van der Waals surface area (Å²) in [4.78, 5) is 4.77. The van der Waals surface area contributed by atoms with Gasteiger partial charge in [-0.2, -0.15) is 0 Å². The Morgan fingerprint density at radius 1 is 0.944 bits per heavy atom. The van der Waals surface area contributed by atoms with E-state index in [1.165, 1.54) is 5.69 Å². The third-order valence-electron chi connectivity index (χ3n) is 3.52. The lowest BCUT2D eigenvalue weighted by Crippen LogP contribution is -2.44. The molecule has 1 aromatic heterocycles. The second kappa shape index (κ2) is 4.86. The Labute approximate surface area is 108 Å². The zero-order valence-electron chi connectivity index (χ0n) is 10.7. The van der Waals surface area contributed by atoms with Crippen LogP contribution in [0.15, 0.2) is 47.1 Å². The smallest absolute Gasteiger partial charge is 0.157 e. The summed E-state index contributed by atoms with van der Waals surface area (Å²) >= 11 is 0. The number of anilines is 1. The van der Waals surface area contributed by atoms with Crippen molar-refractivity contribution in [2.24, 2.45) is 0 Å². The van der Waals surface area contributed by atoms with E-state index in [9.17, 15) is 0 Å². The van der Waals surface area contributed by atoms with Gasteiger partial charge in [-0.3, -0.25) is 0 Å². The molecule has 1 aromatic carbocycles. The molecule has 0 N–H and O–H groups in total. The van der Waals surface area contributed by atoms with Crippen LogP contribution in [0.3, 0.4) is 0 Å². The van der Waals surface area contributed by atoms with E-state index in [2.05, 4.69) is 35.0 Å². The summed E-state index contributed by atoms with van der Waals surface area (Å²) in [6, 6.07) is 12.4. The van der Waals surface area contributed by atoms with Gasteiger partial charge in [0.1, 0.15) is 0 Å². The molecule has 0 aliphatic carbocycles. The first-order valence-electron chi connectivity index (χ1n) is 6.41. The number of benzene rings is 1. The molecule has 18 heavy (non-hydrogen) atoms. The maximum atomic E-state index is 5.68. The Hall–Kier alpha value is -1.74. The highest BCUT2D eigenvalue weighted by atomic mass is 16.3. The number of furan rings is 1. The highest BCUT2D eigenvalue weighted by Crippen LogP contribution is 2.32. The molecule has 0 spiro atoms. The van der Waals surface area contributed by atoms with Crippen LogP contribution in [0.2, 0.25) is 0 Å². The van der Waals surface area contributed by atoms with Gasteiger partial charge in [0.25, 0.3) is 0 Å². The van der Waals surface area contributed by atoms with Gasteiger partial charge in [-0.25, -0.2) is 0 Å². The number of rotatable bonds is 2. The molecule has 0 unspecified atom stereocenters. The van der Waals surface area contributed by atoms with Crippen LogP contribution >= 0.6 is 0 Å². The molecular formula is C15H18N2O. The average molecular weight is 242 g/mol. The van der Waals surface area contributed by atoms with Crippen LogP contribution in [-0.4, -0.2) is 38.1 Å². The third kappa shape index (κ3) is 2.14. The summed E-state index contributed by atoms with van der Waals surface area (Å²) in [6.45, 7) is 4.35. The number of hydrogen-bond donors (Lipinski definition) is 0. The number of hydrogen-bond acceptors (Lipinski definition) is 3. The Balaban J connectivity index is 1.88. The van der Waals surface area contributed by atoms with E-state index in [0.717, 1.165) is 37.5 Å². The van der Waals surface area contributed by atoms with Crippen molar-refractivity contribution in [3.8, 4) is 11.3 Å². The summed E-state index contributed by atoms with van der Waals surface area (Å²) < 4.78 is 5.68. The lowest BCUT2D eigenvalue weighted by Gasteiger charge is -2.33. The molecule has 1 aliphatic rings. The molecule has 0 radical (unpaired) electrons. The van der Waals surface area contributed by atoms with Crippen LogP contribution in [0.4, 0.5) is 5.69 Å². The molecular weight excluding hydrogens is 224 g/mol. The van der Waals surface area contributed by atoms with Crippen LogP contribution in [0.5, 0.6) is 0 Å². The Kier molecular flexibility index (Phi) is 3.07. The van der Waals surface area contributed by atoms with Gasteiger partial charge in [0, 0.05) is 37.8 Å². The van der Waals surface area contributed by atoms with Crippen molar-refractivity contribution in [2.75, 3.05) is 38.1 Å². The number of piperazine rings is 1. The van der Waals surface area contributed by atoms with Gasteiger partial charge in [-0.05, 0) is 7.05 Å². The highest BCUT2D eigenvalue weighted by Gasteiger charge is 2.19. The van der Waals surface area contributed by atoms with Crippen molar-refractivity contribution >= 4 is 5.69 Å². The highest BCUT2D eigenvalue weighted by molar-refractivity contribution is 5.73. The first-order valence-corrected chi connectivity index (χ1v) is 6.41. The van der Waals surface area contributed by atoms with Crippen molar-refractivity contribution in [3.63, 3.8) is 0 Å². The minimum atomic E-state index is 0.986. The topological polar surface area (TPSA) is 19.6 Å². The summed E-state index contributed by atoms with van der Waals surface area (Å²) in [6.07, 6.45) is 1.79. The van der Waals surface area contributed by atoms with E-state index in [-0.39, 0.29) is 0 Å². The Morgan fingerprint density at radius 2 is 1.67 bits per heavy atom. The Morgan fingerprint density at radius 3 is 2.39 bits per heavy atom. The summed E-state index contributed by atoms with van der Waals surface area (Å²) in [5.41, 5.74) is 2.37. The molecule has 3 heteroatoms. The van der Waals surface area contributed by atoms with Crippen molar-refractivity contribution in [1.82, 2.24) is 4.90 Å². The average Bonchev–Trinajstić information content (AvgIpc) is 2.90. The largest absolute Gasteiger partial charge is 0.462 e. The molecule has 1 fully saturated rings. The first-order chi connectivity index (χ1) is 8.84. The van der Waals surface area contributed by atoms with E-state index >= 15 is 0 Å². The van der Waals surface area contributed by atoms with Gasteiger partial charge in [0.2, 0.25) is 0 Å².